The van der Waals surface area contributed by atoms with Gasteiger partial charge in [-0.25, -0.2) is 0 Å². The number of nitrogens with one attached hydrogen (secondary N) is 1. The molecule has 1 aromatic rings. The van der Waals surface area contributed by atoms with E-state index in [1.165, 1.54) is 25.7 Å². The van der Waals surface area contributed by atoms with E-state index >= 15 is 0 Å². The number of nitrogens with zero attached hydrogens (tertiary/aromatic N) is 2. The maximum absolute atomic E-state index is 12.2. The highest BCUT2D eigenvalue weighted by molar-refractivity contribution is 6.31. The lowest BCUT2D eigenvalue weighted by molar-refractivity contribution is -0.122. The summed E-state index contributed by atoms with van der Waals surface area (Å²) in [4.78, 5) is 12.2. The number of halogens is 1. The van der Waals surface area contributed by atoms with Gasteiger partial charge < -0.3 is 5.32 Å². The molecule has 4 atom stereocenters. The second-order valence-electron chi connectivity index (χ2n) is 7.15. The summed E-state index contributed by atoms with van der Waals surface area (Å²) in [5, 5.41) is 8.28. The van der Waals surface area contributed by atoms with Crippen LogP contribution in [0.25, 0.3) is 0 Å². The Balaban J connectivity index is 1.49. The van der Waals surface area contributed by atoms with Crippen molar-refractivity contribution in [2.45, 2.75) is 65.5 Å². The lowest BCUT2D eigenvalue weighted by atomic mass is 9.84. The molecule has 2 fully saturated rings. The van der Waals surface area contributed by atoms with Gasteiger partial charge in [0.15, 0.2) is 0 Å². The Hall–Kier alpha value is -1.03. The lowest BCUT2D eigenvalue weighted by Gasteiger charge is -2.28. The van der Waals surface area contributed by atoms with Crippen LogP contribution >= 0.6 is 11.6 Å². The number of amides is 1. The molecule has 0 radical (unpaired) electrons. The molecule has 0 aromatic carbocycles. The molecule has 1 N–H and O–H groups in total. The number of aryl methyl sites for hydroxylation is 2. The first kappa shape index (κ1) is 15.9. The highest BCUT2D eigenvalue weighted by Crippen LogP contribution is 2.49. The Morgan fingerprint density at radius 3 is 2.73 bits per heavy atom. The summed E-state index contributed by atoms with van der Waals surface area (Å²) in [6, 6.07) is 0.298. The first-order valence-electron chi connectivity index (χ1n) is 8.44. The monoisotopic (exact) mass is 323 g/mol. The third-order valence-electron chi connectivity index (χ3n) is 5.67. The van der Waals surface area contributed by atoms with Crippen LogP contribution in [0.5, 0.6) is 0 Å². The van der Waals surface area contributed by atoms with Gasteiger partial charge in [-0.15, -0.1) is 0 Å². The van der Waals surface area contributed by atoms with Gasteiger partial charge in [0.25, 0.3) is 0 Å². The quantitative estimate of drug-likeness (QED) is 0.901. The van der Waals surface area contributed by atoms with E-state index in [0.717, 1.165) is 23.2 Å². The Kier molecular flexibility index (Phi) is 4.49. The van der Waals surface area contributed by atoms with Crippen LogP contribution in [-0.4, -0.2) is 21.7 Å². The Morgan fingerprint density at radius 1 is 1.41 bits per heavy atom. The standard InChI is InChI=1S/C17H26ClN3O/c1-10(15-9-13-4-5-14(15)8-13)19-16(22)6-7-21-12(3)17(18)11(2)20-21/h10,13-15H,4-9H2,1-3H3,(H,19,22)/t10-,13-,14-,15-/m1/s1. The van der Waals surface area contributed by atoms with Crippen molar-refractivity contribution in [3.05, 3.63) is 16.4 Å². The number of hydrogen-bond donors (Lipinski definition) is 1. The van der Waals surface area contributed by atoms with Crippen molar-refractivity contribution in [2.75, 3.05) is 0 Å². The predicted octanol–water partition coefficient (Wildman–Crippen LogP) is 3.48. The van der Waals surface area contributed by atoms with Gasteiger partial charge in [0.2, 0.25) is 5.91 Å². The molecule has 0 unspecified atom stereocenters. The summed E-state index contributed by atoms with van der Waals surface area (Å²) in [7, 11) is 0. The number of rotatable bonds is 5. The van der Waals surface area contributed by atoms with Crippen molar-refractivity contribution < 1.29 is 4.79 Å². The maximum atomic E-state index is 12.2. The molecule has 4 nitrogen and oxygen atoms in total. The van der Waals surface area contributed by atoms with Crippen LogP contribution in [-0.2, 0) is 11.3 Å². The fraction of sp³-hybridized carbons (Fsp3) is 0.765. The fourth-order valence-corrected chi connectivity index (χ4v) is 4.58. The van der Waals surface area contributed by atoms with Crippen LogP contribution in [0.4, 0.5) is 0 Å². The average Bonchev–Trinajstić information content (AvgIpc) is 3.17. The molecule has 22 heavy (non-hydrogen) atoms. The molecular formula is C17H26ClN3O. The minimum absolute atomic E-state index is 0.124. The molecule has 122 valence electrons. The molecule has 2 aliphatic carbocycles. The Labute approximate surface area is 137 Å². The first-order chi connectivity index (χ1) is 10.5. The van der Waals surface area contributed by atoms with Crippen LogP contribution < -0.4 is 5.32 Å². The van der Waals surface area contributed by atoms with Gasteiger partial charge in [-0.1, -0.05) is 18.0 Å². The third kappa shape index (κ3) is 3.03. The van der Waals surface area contributed by atoms with Gasteiger partial charge in [-0.2, -0.15) is 5.10 Å². The highest BCUT2D eigenvalue weighted by atomic mass is 35.5. The van der Waals surface area contributed by atoms with Crippen molar-refractivity contribution in [2.24, 2.45) is 17.8 Å². The van der Waals surface area contributed by atoms with E-state index in [4.69, 9.17) is 11.6 Å². The van der Waals surface area contributed by atoms with E-state index in [2.05, 4.69) is 17.3 Å². The molecule has 2 aliphatic rings. The number of carbonyl (C=O) groups excluding carboxylic acids is 1. The number of fused-ring (bicyclic) bond motifs is 2. The van der Waals surface area contributed by atoms with Gasteiger partial charge in [-0.05, 0) is 57.8 Å². The molecule has 1 amide bonds. The largest absolute Gasteiger partial charge is 0.353 e. The van der Waals surface area contributed by atoms with Crippen molar-refractivity contribution in [3.8, 4) is 0 Å². The zero-order valence-corrected chi connectivity index (χ0v) is 14.5. The van der Waals surface area contributed by atoms with Gasteiger partial charge in [-0.3, -0.25) is 9.48 Å². The van der Waals surface area contributed by atoms with Crippen molar-refractivity contribution in [1.29, 1.82) is 0 Å². The first-order valence-corrected chi connectivity index (χ1v) is 8.82. The van der Waals surface area contributed by atoms with E-state index in [1.54, 1.807) is 0 Å². The van der Waals surface area contributed by atoms with E-state index in [1.807, 2.05) is 18.5 Å². The smallest absolute Gasteiger partial charge is 0.222 e. The molecule has 1 aromatic heterocycles. The second kappa shape index (κ2) is 6.23. The topological polar surface area (TPSA) is 46.9 Å². The number of carbonyl (C=O) groups is 1. The molecule has 2 bridgehead atoms. The van der Waals surface area contributed by atoms with Gasteiger partial charge in [0, 0.05) is 12.5 Å². The van der Waals surface area contributed by atoms with Crippen molar-refractivity contribution in [1.82, 2.24) is 15.1 Å². The van der Waals surface area contributed by atoms with Crippen LogP contribution in [0.15, 0.2) is 0 Å². The Bertz CT molecular complexity index is 568. The van der Waals surface area contributed by atoms with E-state index in [0.29, 0.717) is 29.9 Å². The number of aromatic nitrogens is 2. The van der Waals surface area contributed by atoms with Gasteiger partial charge in [0.05, 0.1) is 23.0 Å². The van der Waals surface area contributed by atoms with Crippen LogP contribution in [0, 0.1) is 31.6 Å². The molecule has 0 saturated heterocycles. The van der Waals surface area contributed by atoms with E-state index < -0.39 is 0 Å². The summed E-state index contributed by atoms with van der Waals surface area (Å²) < 4.78 is 1.83. The van der Waals surface area contributed by atoms with E-state index in [9.17, 15) is 4.79 Å². The summed E-state index contributed by atoms with van der Waals surface area (Å²) in [6.07, 6.45) is 5.91. The molecule has 0 aliphatic heterocycles. The molecule has 3 rings (SSSR count). The summed E-state index contributed by atoms with van der Waals surface area (Å²) in [6.45, 7) is 6.60. The lowest BCUT2D eigenvalue weighted by Crippen LogP contribution is -2.40. The molecule has 1 heterocycles. The Morgan fingerprint density at radius 2 is 2.18 bits per heavy atom. The summed E-state index contributed by atoms with van der Waals surface area (Å²) >= 11 is 6.14. The van der Waals surface area contributed by atoms with E-state index in [-0.39, 0.29) is 5.91 Å². The highest BCUT2D eigenvalue weighted by Gasteiger charge is 2.42. The minimum atomic E-state index is 0.124. The third-order valence-corrected chi connectivity index (χ3v) is 6.21. The number of hydrogen-bond acceptors (Lipinski definition) is 2. The van der Waals surface area contributed by atoms with Crippen molar-refractivity contribution >= 4 is 17.5 Å². The molecule has 0 spiro atoms. The summed E-state index contributed by atoms with van der Waals surface area (Å²) in [5.41, 5.74) is 1.77. The predicted molar refractivity (Wildman–Crippen MR) is 87.9 cm³/mol. The normalized spacial score (nSPS) is 28.1. The van der Waals surface area contributed by atoms with Crippen LogP contribution in [0.1, 0.15) is 50.4 Å². The molecule has 2 saturated carbocycles. The van der Waals surface area contributed by atoms with Gasteiger partial charge >= 0.3 is 0 Å². The van der Waals surface area contributed by atoms with Crippen LogP contribution in [0.2, 0.25) is 5.02 Å². The second-order valence-corrected chi connectivity index (χ2v) is 7.53. The molecular weight excluding hydrogens is 298 g/mol. The molecule has 5 heteroatoms. The minimum Gasteiger partial charge on any atom is -0.353 e. The van der Waals surface area contributed by atoms with Crippen molar-refractivity contribution in [3.63, 3.8) is 0 Å². The average molecular weight is 324 g/mol. The zero-order chi connectivity index (χ0) is 15.9. The van der Waals surface area contributed by atoms with Gasteiger partial charge in [0.1, 0.15) is 0 Å². The van der Waals surface area contributed by atoms with Crippen LogP contribution in [0.3, 0.4) is 0 Å². The maximum Gasteiger partial charge on any atom is 0.222 e. The summed E-state index contributed by atoms with van der Waals surface area (Å²) in [5.74, 6) is 2.58. The SMILES string of the molecule is Cc1nn(CCC(=O)N[C@H](C)[C@H]2C[C@@H]3CC[C@@H]2C3)c(C)c1Cl. The zero-order valence-electron chi connectivity index (χ0n) is 13.7. The fourth-order valence-electron chi connectivity index (χ4n) is 4.44.